The molecule has 0 unspecified atom stereocenters. The molecule has 2 aromatic rings. The van der Waals surface area contributed by atoms with E-state index in [1.165, 1.54) is 6.07 Å². The summed E-state index contributed by atoms with van der Waals surface area (Å²) in [6.45, 7) is 0.164. The summed E-state index contributed by atoms with van der Waals surface area (Å²) in [4.78, 5) is 14.1. The van der Waals surface area contributed by atoms with Gasteiger partial charge in [0.25, 0.3) is 0 Å². The van der Waals surface area contributed by atoms with Gasteiger partial charge in [-0.15, -0.1) is 0 Å². The van der Waals surface area contributed by atoms with Crippen molar-refractivity contribution >= 4 is 6.29 Å². The van der Waals surface area contributed by atoms with Gasteiger partial charge in [0, 0.05) is 17.8 Å². The number of carbonyl (C=O) groups is 1. The molecule has 0 saturated carbocycles. The molecular formula is C14H10F3NO2. The molecule has 1 heterocycles. The number of pyridine rings is 1. The van der Waals surface area contributed by atoms with E-state index in [0.717, 1.165) is 24.1 Å². The highest BCUT2D eigenvalue weighted by Crippen LogP contribution is 2.29. The number of hydrogen-bond donors (Lipinski definition) is 0. The predicted molar refractivity (Wildman–Crippen MR) is 65.4 cm³/mol. The maximum absolute atomic E-state index is 12.3. The van der Waals surface area contributed by atoms with Crippen molar-refractivity contribution in [2.45, 2.75) is 12.8 Å². The SMILES string of the molecule is O=Cc1ccc(COc2ccc(C(F)(F)F)cn2)cc1. The molecule has 0 amide bonds. The molecule has 0 radical (unpaired) electrons. The van der Waals surface area contributed by atoms with Crippen LogP contribution in [0.3, 0.4) is 0 Å². The first kappa shape index (κ1) is 14.0. The summed E-state index contributed by atoms with van der Waals surface area (Å²) < 4.78 is 42.3. The van der Waals surface area contributed by atoms with Crippen molar-refractivity contribution < 1.29 is 22.7 Å². The largest absolute Gasteiger partial charge is 0.473 e. The molecule has 0 N–H and O–H groups in total. The standard InChI is InChI=1S/C14H10F3NO2/c15-14(16,17)12-5-6-13(18-7-12)20-9-11-3-1-10(8-19)2-4-11/h1-8H,9H2. The van der Waals surface area contributed by atoms with Gasteiger partial charge < -0.3 is 4.74 Å². The average Bonchev–Trinajstić information content (AvgIpc) is 2.45. The number of alkyl halides is 3. The van der Waals surface area contributed by atoms with Crippen LogP contribution < -0.4 is 4.74 Å². The number of benzene rings is 1. The van der Waals surface area contributed by atoms with E-state index in [4.69, 9.17) is 4.74 Å². The topological polar surface area (TPSA) is 39.2 Å². The van der Waals surface area contributed by atoms with Crippen molar-refractivity contribution in [3.63, 3.8) is 0 Å². The number of ether oxygens (including phenoxy) is 1. The zero-order valence-corrected chi connectivity index (χ0v) is 10.2. The minimum atomic E-state index is -4.41. The highest BCUT2D eigenvalue weighted by molar-refractivity contribution is 5.74. The van der Waals surface area contributed by atoms with Crippen molar-refractivity contribution in [2.24, 2.45) is 0 Å². The van der Waals surface area contributed by atoms with E-state index in [2.05, 4.69) is 4.98 Å². The van der Waals surface area contributed by atoms with E-state index in [0.29, 0.717) is 5.56 Å². The van der Waals surface area contributed by atoms with Crippen LogP contribution in [-0.4, -0.2) is 11.3 Å². The van der Waals surface area contributed by atoms with E-state index in [-0.39, 0.29) is 12.5 Å². The van der Waals surface area contributed by atoms with Crippen molar-refractivity contribution in [1.82, 2.24) is 4.98 Å². The lowest BCUT2D eigenvalue weighted by molar-refractivity contribution is -0.137. The quantitative estimate of drug-likeness (QED) is 0.805. The normalized spacial score (nSPS) is 11.2. The van der Waals surface area contributed by atoms with Crippen molar-refractivity contribution in [2.75, 3.05) is 0 Å². The molecule has 6 heteroatoms. The van der Waals surface area contributed by atoms with Gasteiger partial charge in [-0.25, -0.2) is 4.98 Å². The summed E-state index contributed by atoms with van der Waals surface area (Å²) in [5.41, 5.74) is 0.513. The fourth-order valence-electron chi connectivity index (χ4n) is 1.48. The van der Waals surface area contributed by atoms with Crippen LogP contribution in [0.15, 0.2) is 42.6 Å². The highest BCUT2D eigenvalue weighted by atomic mass is 19.4. The fourth-order valence-corrected chi connectivity index (χ4v) is 1.48. The lowest BCUT2D eigenvalue weighted by atomic mass is 10.2. The predicted octanol–water partition coefficient (Wildman–Crippen LogP) is 3.49. The minimum Gasteiger partial charge on any atom is -0.473 e. The Morgan fingerprint density at radius 3 is 2.30 bits per heavy atom. The first-order valence-corrected chi connectivity index (χ1v) is 5.69. The second-order valence-corrected chi connectivity index (χ2v) is 4.03. The fraction of sp³-hybridized carbons (Fsp3) is 0.143. The van der Waals surface area contributed by atoms with E-state index in [1.54, 1.807) is 24.3 Å². The lowest BCUT2D eigenvalue weighted by Crippen LogP contribution is -2.05. The first-order chi connectivity index (χ1) is 9.49. The molecular weight excluding hydrogens is 271 g/mol. The van der Waals surface area contributed by atoms with Gasteiger partial charge in [0.15, 0.2) is 0 Å². The molecule has 0 fully saturated rings. The van der Waals surface area contributed by atoms with Crippen molar-refractivity contribution in [3.8, 4) is 5.88 Å². The lowest BCUT2D eigenvalue weighted by Gasteiger charge is -2.08. The van der Waals surface area contributed by atoms with Crippen LogP contribution in [0.4, 0.5) is 13.2 Å². The number of hydrogen-bond acceptors (Lipinski definition) is 3. The Balaban J connectivity index is 1.98. The Morgan fingerprint density at radius 1 is 1.10 bits per heavy atom. The molecule has 3 nitrogen and oxygen atoms in total. The van der Waals surface area contributed by atoms with Crippen LogP contribution >= 0.6 is 0 Å². The van der Waals surface area contributed by atoms with E-state index in [1.807, 2.05) is 0 Å². The van der Waals surface area contributed by atoms with Crippen molar-refractivity contribution in [1.29, 1.82) is 0 Å². The Bertz CT molecular complexity index is 577. The second-order valence-electron chi connectivity index (χ2n) is 4.03. The van der Waals surface area contributed by atoms with E-state index in [9.17, 15) is 18.0 Å². The minimum absolute atomic E-state index is 0.109. The first-order valence-electron chi connectivity index (χ1n) is 5.69. The summed E-state index contributed by atoms with van der Waals surface area (Å²) in [5.74, 6) is 0.109. The van der Waals surface area contributed by atoms with Crippen molar-refractivity contribution in [3.05, 3.63) is 59.3 Å². The average molecular weight is 281 g/mol. The maximum Gasteiger partial charge on any atom is 0.417 e. The molecule has 1 aromatic carbocycles. The molecule has 0 atom stereocenters. The third-order valence-electron chi connectivity index (χ3n) is 2.57. The molecule has 0 saturated heterocycles. The van der Waals surface area contributed by atoms with Gasteiger partial charge in [0.1, 0.15) is 12.9 Å². The Kier molecular flexibility index (Phi) is 4.02. The smallest absolute Gasteiger partial charge is 0.417 e. The molecule has 1 aromatic heterocycles. The highest BCUT2D eigenvalue weighted by Gasteiger charge is 2.30. The molecule has 2 rings (SSSR count). The molecule has 104 valence electrons. The number of rotatable bonds is 4. The van der Waals surface area contributed by atoms with Gasteiger partial charge in [-0.3, -0.25) is 4.79 Å². The molecule has 0 spiro atoms. The van der Waals surface area contributed by atoms with Crippen LogP contribution in [0, 0.1) is 0 Å². The number of halogens is 3. The number of aldehydes is 1. The van der Waals surface area contributed by atoms with Gasteiger partial charge >= 0.3 is 6.18 Å². The zero-order chi connectivity index (χ0) is 14.6. The van der Waals surface area contributed by atoms with Gasteiger partial charge in [-0.05, 0) is 11.6 Å². The summed E-state index contributed by atoms with van der Waals surface area (Å²) in [7, 11) is 0. The Morgan fingerprint density at radius 2 is 1.80 bits per heavy atom. The van der Waals surface area contributed by atoms with E-state index < -0.39 is 11.7 Å². The third kappa shape index (κ3) is 3.57. The van der Waals surface area contributed by atoms with Crippen LogP contribution in [0.1, 0.15) is 21.5 Å². The second kappa shape index (κ2) is 5.73. The summed E-state index contributed by atoms with van der Waals surface area (Å²) >= 11 is 0. The van der Waals surface area contributed by atoms with Crippen LogP contribution in [0.25, 0.3) is 0 Å². The van der Waals surface area contributed by atoms with Gasteiger partial charge in [0.2, 0.25) is 5.88 Å². The third-order valence-corrected chi connectivity index (χ3v) is 2.57. The summed E-state index contributed by atoms with van der Waals surface area (Å²) in [5, 5.41) is 0. The van der Waals surface area contributed by atoms with Gasteiger partial charge in [-0.1, -0.05) is 24.3 Å². The van der Waals surface area contributed by atoms with Crippen LogP contribution in [-0.2, 0) is 12.8 Å². The number of nitrogens with zero attached hydrogens (tertiary/aromatic N) is 1. The summed E-state index contributed by atoms with van der Waals surface area (Å²) in [6.07, 6.45) is -2.96. The van der Waals surface area contributed by atoms with Crippen LogP contribution in [0.2, 0.25) is 0 Å². The molecule has 20 heavy (non-hydrogen) atoms. The Labute approximate surface area is 113 Å². The molecule has 0 aliphatic heterocycles. The van der Waals surface area contributed by atoms with E-state index >= 15 is 0 Å². The number of aromatic nitrogens is 1. The molecule has 0 aliphatic carbocycles. The van der Waals surface area contributed by atoms with Gasteiger partial charge in [0.05, 0.1) is 5.56 Å². The maximum atomic E-state index is 12.3. The monoisotopic (exact) mass is 281 g/mol. The molecule has 0 aliphatic rings. The number of carbonyl (C=O) groups excluding carboxylic acids is 1. The summed E-state index contributed by atoms with van der Waals surface area (Å²) in [6, 6.07) is 8.75. The Hall–Kier alpha value is -2.37. The molecule has 0 bridgehead atoms. The van der Waals surface area contributed by atoms with Crippen LogP contribution in [0.5, 0.6) is 5.88 Å². The van der Waals surface area contributed by atoms with Gasteiger partial charge in [-0.2, -0.15) is 13.2 Å². The zero-order valence-electron chi connectivity index (χ0n) is 10.2.